The second-order valence-corrected chi connectivity index (χ2v) is 6.14. The molecule has 0 aliphatic carbocycles. The minimum absolute atomic E-state index is 0.227. The summed E-state index contributed by atoms with van der Waals surface area (Å²) in [6.07, 6.45) is 3.52. The first-order chi connectivity index (χ1) is 12.6. The molecule has 132 valence electrons. The van der Waals surface area contributed by atoms with Gasteiger partial charge in [0.15, 0.2) is 5.65 Å². The summed E-state index contributed by atoms with van der Waals surface area (Å²) in [5.41, 5.74) is 1.64. The van der Waals surface area contributed by atoms with Crippen LogP contribution in [0, 0.1) is 5.82 Å². The molecule has 0 radical (unpaired) electrons. The third-order valence-electron chi connectivity index (χ3n) is 4.50. The van der Waals surface area contributed by atoms with Crippen molar-refractivity contribution in [1.29, 1.82) is 0 Å². The van der Waals surface area contributed by atoms with E-state index in [1.807, 2.05) is 0 Å². The highest BCUT2D eigenvalue weighted by Crippen LogP contribution is 2.24. The number of benzene rings is 1. The monoisotopic (exact) mass is 353 g/mol. The molecule has 1 atom stereocenters. The van der Waals surface area contributed by atoms with E-state index < -0.39 is 17.8 Å². The van der Waals surface area contributed by atoms with E-state index in [1.54, 1.807) is 42.2 Å². The number of amides is 2. The van der Waals surface area contributed by atoms with Gasteiger partial charge in [0.1, 0.15) is 17.4 Å². The van der Waals surface area contributed by atoms with Gasteiger partial charge in [0, 0.05) is 19.8 Å². The topological polar surface area (TPSA) is 80.1 Å². The highest BCUT2D eigenvalue weighted by Gasteiger charge is 2.35. The van der Waals surface area contributed by atoms with Crippen LogP contribution in [0.2, 0.25) is 0 Å². The van der Waals surface area contributed by atoms with Crippen LogP contribution in [0.3, 0.4) is 0 Å². The highest BCUT2D eigenvalue weighted by atomic mass is 19.1. The Hall–Kier alpha value is -3.29. The highest BCUT2D eigenvalue weighted by molar-refractivity contribution is 6.07. The van der Waals surface area contributed by atoms with Crippen molar-refractivity contribution in [3.05, 3.63) is 54.2 Å². The molecule has 1 aliphatic rings. The second-order valence-electron chi connectivity index (χ2n) is 6.14. The lowest BCUT2D eigenvalue weighted by Gasteiger charge is -2.17. The minimum Gasteiger partial charge on any atom is -0.340 e. The van der Waals surface area contributed by atoms with Crippen molar-refractivity contribution < 1.29 is 14.0 Å². The number of carbonyl (C=O) groups is 2. The summed E-state index contributed by atoms with van der Waals surface area (Å²) in [4.78, 5) is 35.0. The van der Waals surface area contributed by atoms with Crippen LogP contribution in [0.25, 0.3) is 11.2 Å². The number of halogens is 1. The lowest BCUT2D eigenvalue weighted by Crippen LogP contribution is -2.41. The molecule has 1 aromatic carbocycles. The summed E-state index contributed by atoms with van der Waals surface area (Å²) in [7, 11) is 1.79. The maximum Gasteiger partial charge on any atom is 0.254 e. The molecule has 8 heteroatoms. The molecule has 0 spiro atoms. The van der Waals surface area contributed by atoms with E-state index in [0.29, 0.717) is 29.7 Å². The molecule has 2 aromatic heterocycles. The molecule has 2 amide bonds. The molecule has 1 N–H and O–H groups in total. The van der Waals surface area contributed by atoms with E-state index in [9.17, 15) is 14.0 Å². The lowest BCUT2D eigenvalue weighted by molar-refractivity contribution is -0.118. The van der Waals surface area contributed by atoms with Crippen molar-refractivity contribution >= 4 is 28.7 Å². The summed E-state index contributed by atoms with van der Waals surface area (Å²) >= 11 is 0. The first-order valence-corrected chi connectivity index (χ1v) is 8.19. The SMILES string of the molecule is Cn1cnc2c(C(=O)NC3CCN(c4ccccc4F)C3=O)ccnc21. The summed E-state index contributed by atoms with van der Waals surface area (Å²) in [5.74, 6) is -1.18. The summed E-state index contributed by atoms with van der Waals surface area (Å²) in [6.45, 7) is 0.347. The van der Waals surface area contributed by atoms with Gasteiger partial charge in [-0.05, 0) is 24.6 Å². The summed E-state index contributed by atoms with van der Waals surface area (Å²) < 4.78 is 15.7. The summed E-state index contributed by atoms with van der Waals surface area (Å²) in [6, 6.07) is 6.97. The lowest BCUT2D eigenvalue weighted by atomic mass is 10.2. The van der Waals surface area contributed by atoms with E-state index in [0.717, 1.165) is 0 Å². The van der Waals surface area contributed by atoms with Crippen molar-refractivity contribution in [2.45, 2.75) is 12.5 Å². The van der Waals surface area contributed by atoms with Gasteiger partial charge in [-0.2, -0.15) is 0 Å². The fraction of sp³-hybridized carbons (Fsp3) is 0.222. The van der Waals surface area contributed by atoms with Gasteiger partial charge in [-0.15, -0.1) is 0 Å². The van der Waals surface area contributed by atoms with E-state index in [4.69, 9.17) is 0 Å². The molecule has 4 rings (SSSR count). The van der Waals surface area contributed by atoms with E-state index >= 15 is 0 Å². The molecular formula is C18H16FN5O2. The maximum absolute atomic E-state index is 13.9. The number of aryl methyl sites for hydroxylation is 1. The first kappa shape index (κ1) is 16.2. The Morgan fingerprint density at radius 1 is 1.27 bits per heavy atom. The van der Waals surface area contributed by atoms with Crippen molar-refractivity contribution in [2.75, 3.05) is 11.4 Å². The number of anilines is 1. The fourth-order valence-electron chi connectivity index (χ4n) is 3.17. The average molecular weight is 353 g/mol. The largest absolute Gasteiger partial charge is 0.340 e. The van der Waals surface area contributed by atoms with Gasteiger partial charge < -0.3 is 14.8 Å². The quantitative estimate of drug-likeness (QED) is 0.776. The molecule has 1 saturated heterocycles. The van der Waals surface area contributed by atoms with E-state index in [1.165, 1.54) is 17.2 Å². The molecule has 1 aliphatic heterocycles. The number of pyridine rings is 1. The van der Waals surface area contributed by atoms with Crippen molar-refractivity contribution in [2.24, 2.45) is 7.05 Å². The van der Waals surface area contributed by atoms with Crippen LogP contribution in [-0.4, -0.2) is 38.9 Å². The normalized spacial score (nSPS) is 17.1. The molecule has 26 heavy (non-hydrogen) atoms. The Morgan fingerprint density at radius 2 is 2.08 bits per heavy atom. The zero-order valence-electron chi connectivity index (χ0n) is 14.0. The van der Waals surface area contributed by atoms with Gasteiger partial charge in [0.05, 0.1) is 17.6 Å². The van der Waals surface area contributed by atoms with Gasteiger partial charge >= 0.3 is 0 Å². The number of aromatic nitrogens is 3. The third kappa shape index (κ3) is 2.59. The van der Waals surface area contributed by atoms with Crippen LogP contribution in [0.4, 0.5) is 10.1 Å². The van der Waals surface area contributed by atoms with Crippen LogP contribution < -0.4 is 10.2 Å². The smallest absolute Gasteiger partial charge is 0.254 e. The third-order valence-corrected chi connectivity index (χ3v) is 4.50. The van der Waals surface area contributed by atoms with Gasteiger partial charge in [-0.1, -0.05) is 12.1 Å². The zero-order chi connectivity index (χ0) is 18.3. The number of hydrogen-bond donors (Lipinski definition) is 1. The molecule has 0 saturated carbocycles. The molecule has 3 heterocycles. The van der Waals surface area contributed by atoms with Crippen molar-refractivity contribution in [3.63, 3.8) is 0 Å². The van der Waals surface area contributed by atoms with Crippen LogP contribution in [0.1, 0.15) is 16.8 Å². The fourth-order valence-corrected chi connectivity index (χ4v) is 3.17. The minimum atomic E-state index is -0.700. The van der Waals surface area contributed by atoms with Crippen molar-refractivity contribution in [3.8, 4) is 0 Å². The van der Waals surface area contributed by atoms with Crippen LogP contribution in [0.5, 0.6) is 0 Å². The van der Waals surface area contributed by atoms with Crippen LogP contribution >= 0.6 is 0 Å². The van der Waals surface area contributed by atoms with Crippen LogP contribution in [-0.2, 0) is 11.8 Å². The average Bonchev–Trinajstić information content (AvgIpc) is 3.19. The Morgan fingerprint density at radius 3 is 2.88 bits per heavy atom. The second kappa shape index (κ2) is 6.21. The van der Waals surface area contributed by atoms with Gasteiger partial charge in [0.25, 0.3) is 5.91 Å². The number of para-hydroxylation sites is 1. The molecule has 1 fully saturated rings. The Kier molecular flexibility index (Phi) is 3.87. The number of nitrogens with zero attached hydrogens (tertiary/aromatic N) is 4. The number of hydrogen-bond acceptors (Lipinski definition) is 4. The van der Waals surface area contributed by atoms with Crippen molar-refractivity contribution in [1.82, 2.24) is 19.9 Å². The number of fused-ring (bicyclic) bond motifs is 1. The van der Waals surface area contributed by atoms with Gasteiger partial charge in [-0.3, -0.25) is 9.59 Å². The van der Waals surface area contributed by atoms with E-state index in [-0.39, 0.29) is 11.6 Å². The Bertz CT molecular complexity index is 1020. The number of rotatable bonds is 3. The van der Waals surface area contributed by atoms with E-state index in [2.05, 4.69) is 15.3 Å². The molecule has 7 nitrogen and oxygen atoms in total. The molecule has 0 bridgehead atoms. The molecular weight excluding hydrogens is 337 g/mol. The molecule has 1 unspecified atom stereocenters. The van der Waals surface area contributed by atoms with Gasteiger partial charge in [0.2, 0.25) is 5.91 Å². The zero-order valence-corrected chi connectivity index (χ0v) is 14.0. The van der Waals surface area contributed by atoms with Gasteiger partial charge in [-0.25, -0.2) is 14.4 Å². The first-order valence-electron chi connectivity index (χ1n) is 8.19. The number of imidazole rings is 1. The standard InChI is InChI=1S/C18H16FN5O2/c1-23-10-21-15-11(6-8-20-16(15)23)17(25)22-13-7-9-24(18(13)26)14-5-3-2-4-12(14)19/h2-6,8,10,13H,7,9H2,1H3,(H,22,25). The summed E-state index contributed by atoms with van der Waals surface area (Å²) in [5, 5.41) is 2.74. The predicted molar refractivity (Wildman–Crippen MR) is 93.1 cm³/mol. The predicted octanol–water partition coefficient (Wildman–Crippen LogP) is 1.64. The number of carbonyl (C=O) groups excluding carboxylic acids is 2. The molecule has 3 aromatic rings. The number of nitrogens with one attached hydrogen (secondary N) is 1. The Balaban J connectivity index is 1.55. The maximum atomic E-state index is 13.9. The Labute approximate surface area is 148 Å². The van der Waals surface area contributed by atoms with Crippen LogP contribution in [0.15, 0.2) is 42.9 Å².